The standard InChI is InChI=1S/C13H18ClN3/c1-4-16(10(2)3)13-11(9-14)17-8-6-5-7-12(17)15-13/h5-8,10H,4,9H2,1-3H3. The second kappa shape index (κ2) is 4.96. The van der Waals surface area contributed by atoms with Crippen molar-refractivity contribution in [3.63, 3.8) is 0 Å². The largest absolute Gasteiger partial charge is 0.353 e. The number of alkyl halides is 1. The maximum atomic E-state index is 6.07. The van der Waals surface area contributed by atoms with Gasteiger partial charge in [0.25, 0.3) is 0 Å². The molecule has 0 aliphatic rings. The van der Waals surface area contributed by atoms with Gasteiger partial charge in [-0.15, -0.1) is 11.6 Å². The molecule has 2 aromatic heterocycles. The molecule has 0 fully saturated rings. The molecule has 0 aliphatic heterocycles. The summed E-state index contributed by atoms with van der Waals surface area (Å²) in [5.74, 6) is 1.48. The minimum absolute atomic E-state index is 0.423. The van der Waals surface area contributed by atoms with Crippen LogP contribution < -0.4 is 4.90 Å². The van der Waals surface area contributed by atoms with E-state index >= 15 is 0 Å². The molecule has 17 heavy (non-hydrogen) atoms. The third-order valence-corrected chi connectivity index (χ3v) is 3.22. The maximum absolute atomic E-state index is 6.07. The number of hydrogen-bond acceptors (Lipinski definition) is 2. The fourth-order valence-corrected chi connectivity index (χ4v) is 2.40. The van der Waals surface area contributed by atoms with Gasteiger partial charge in [0.05, 0.1) is 11.6 Å². The third kappa shape index (κ3) is 2.12. The molecule has 3 nitrogen and oxygen atoms in total. The summed E-state index contributed by atoms with van der Waals surface area (Å²) in [5.41, 5.74) is 2.02. The highest BCUT2D eigenvalue weighted by atomic mass is 35.5. The molecule has 0 amide bonds. The number of nitrogens with zero attached hydrogens (tertiary/aromatic N) is 3. The van der Waals surface area contributed by atoms with Crippen molar-refractivity contribution in [2.45, 2.75) is 32.7 Å². The first-order valence-corrected chi connectivity index (χ1v) is 6.51. The summed E-state index contributed by atoms with van der Waals surface area (Å²) in [7, 11) is 0. The molecule has 2 rings (SSSR count). The van der Waals surface area contributed by atoms with Gasteiger partial charge in [-0.25, -0.2) is 4.98 Å². The molecule has 0 unspecified atom stereocenters. The highest BCUT2D eigenvalue weighted by molar-refractivity contribution is 6.17. The monoisotopic (exact) mass is 251 g/mol. The first kappa shape index (κ1) is 12.2. The lowest BCUT2D eigenvalue weighted by Crippen LogP contribution is -2.31. The summed E-state index contributed by atoms with van der Waals surface area (Å²) < 4.78 is 2.06. The molecule has 4 heteroatoms. The fourth-order valence-electron chi connectivity index (χ4n) is 2.15. The fraction of sp³-hybridized carbons (Fsp3) is 0.462. The molecule has 0 spiro atoms. The van der Waals surface area contributed by atoms with Crippen molar-refractivity contribution in [2.24, 2.45) is 0 Å². The van der Waals surface area contributed by atoms with E-state index in [1.807, 2.05) is 24.4 Å². The normalized spacial score (nSPS) is 11.4. The van der Waals surface area contributed by atoms with Gasteiger partial charge in [-0.2, -0.15) is 0 Å². The van der Waals surface area contributed by atoms with E-state index in [1.165, 1.54) is 0 Å². The van der Waals surface area contributed by atoms with E-state index < -0.39 is 0 Å². The number of anilines is 1. The van der Waals surface area contributed by atoms with Gasteiger partial charge in [-0.1, -0.05) is 6.07 Å². The lowest BCUT2D eigenvalue weighted by atomic mass is 10.3. The van der Waals surface area contributed by atoms with Crippen LogP contribution in [0.5, 0.6) is 0 Å². The number of aromatic nitrogens is 2. The van der Waals surface area contributed by atoms with E-state index in [0.29, 0.717) is 11.9 Å². The highest BCUT2D eigenvalue weighted by Gasteiger charge is 2.18. The predicted molar refractivity (Wildman–Crippen MR) is 72.9 cm³/mol. The molecule has 0 saturated heterocycles. The van der Waals surface area contributed by atoms with E-state index in [0.717, 1.165) is 23.7 Å². The quantitative estimate of drug-likeness (QED) is 0.778. The van der Waals surface area contributed by atoms with Crippen LogP contribution in [-0.4, -0.2) is 22.0 Å². The summed E-state index contributed by atoms with van der Waals surface area (Å²) >= 11 is 6.07. The van der Waals surface area contributed by atoms with Gasteiger partial charge in [0, 0.05) is 18.8 Å². The number of imidazole rings is 1. The lowest BCUT2D eigenvalue weighted by Gasteiger charge is -2.25. The van der Waals surface area contributed by atoms with E-state index in [1.54, 1.807) is 0 Å². The van der Waals surface area contributed by atoms with Crippen molar-refractivity contribution in [1.29, 1.82) is 0 Å². The Hall–Kier alpha value is -1.22. The molecule has 0 atom stereocenters. The zero-order chi connectivity index (χ0) is 12.4. The molecular weight excluding hydrogens is 234 g/mol. The average molecular weight is 252 g/mol. The molecule has 0 aliphatic carbocycles. The molecule has 92 valence electrons. The second-order valence-corrected chi connectivity index (χ2v) is 4.59. The molecule has 0 N–H and O–H groups in total. The number of pyridine rings is 1. The molecule has 0 bridgehead atoms. The summed E-state index contributed by atoms with van der Waals surface area (Å²) in [6.07, 6.45) is 2.01. The zero-order valence-electron chi connectivity index (χ0n) is 10.5. The van der Waals surface area contributed by atoms with Crippen molar-refractivity contribution in [2.75, 3.05) is 11.4 Å². The predicted octanol–water partition coefficient (Wildman–Crippen LogP) is 3.31. The van der Waals surface area contributed by atoms with Gasteiger partial charge in [0.15, 0.2) is 5.82 Å². The third-order valence-electron chi connectivity index (χ3n) is 2.97. The van der Waals surface area contributed by atoms with Gasteiger partial charge in [-0.05, 0) is 32.9 Å². The van der Waals surface area contributed by atoms with E-state index in [2.05, 4.69) is 35.1 Å². The first-order chi connectivity index (χ1) is 8.19. The molecule has 0 aromatic carbocycles. The summed E-state index contributed by atoms with van der Waals surface area (Å²) in [5, 5.41) is 0. The van der Waals surface area contributed by atoms with Gasteiger partial charge < -0.3 is 9.30 Å². The summed E-state index contributed by atoms with van der Waals surface area (Å²) in [6.45, 7) is 7.42. The minimum Gasteiger partial charge on any atom is -0.353 e. The first-order valence-electron chi connectivity index (χ1n) is 5.97. The molecular formula is C13H18ClN3. The molecule has 2 aromatic rings. The Bertz CT molecular complexity index is 504. The topological polar surface area (TPSA) is 20.5 Å². The van der Waals surface area contributed by atoms with Crippen LogP contribution in [0.25, 0.3) is 5.65 Å². The van der Waals surface area contributed by atoms with Crippen molar-refractivity contribution >= 4 is 23.1 Å². The Morgan fingerprint density at radius 3 is 2.76 bits per heavy atom. The Balaban J connectivity index is 2.60. The van der Waals surface area contributed by atoms with Crippen molar-refractivity contribution < 1.29 is 0 Å². The van der Waals surface area contributed by atoms with Crippen molar-refractivity contribution in [3.8, 4) is 0 Å². The van der Waals surface area contributed by atoms with E-state index in [4.69, 9.17) is 11.6 Å². The van der Waals surface area contributed by atoms with Gasteiger partial charge in [0.2, 0.25) is 0 Å². The highest BCUT2D eigenvalue weighted by Crippen LogP contribution is 2.24. The van der Waals surface area contributed by atoms with Gasteiger partial charge in [-0.3, -0.25) is 0 Å². The van der Waals surface area contributed by atoms with Crippen LogP contribution in [0.3, 0.4) is 0 Å². The van der Waals surface area contributed by atoms with Crippen molar-refractivity contribution in [1.82, 2.24) is 9.38 Å². The number of hydrogen-bond donors (Lipinski definition) is 0. The van der Waals surface area contributed by atoms with Crippen molar-refractivity contribution in [3.05, 3.63) is 30.1 Å². The van der Waals surface area contributed by atoms with Gasteiger partial charge >= 0.3 is 0 Å². The summed E-state index contributed by atoms with van der Waals surface area (Å²) in [6, 6.07) is 6.43. The van der Waals surface area contributed by atoms with Crippen LogP contribution in [0.2, 0.25) is 0 Å². The minimum atomic E-state index is 0.423. The Morgan fingerprint density at radius 1 is 1.41 bits per heavy atom. The molecule has 2 heterocycles. The van der Waals surface area contributed by atoms with Crippen LogP contribution in [0.4, 0.5) is 5.82 Å². The molecule has 0 saturated carbocycles. The Morgan fingerprint density at radius 2 is 2.18 bits per heavy atom. The van der Waals surface area contributed by atoms with Crippen LogP contribution >= 0.6 is 11.6 Å². The Kier molecular flexibility index (Phi) is 3.57. The summed E-state index contributed by atoms with van der Waals surface area (Å²) in [4.78, 5) is 6.95. The van der Waals surface area contributed by atoms with Crippen LogP contribution in [0.15, 0.2) is 24.4 Å². The number of rotatable bonds is 4. The van der Waals surface area contributed by atoms with Crippen LogP contribution in [0, 0.1) is 0 Å². The van der Waals surface area contributed by atoms with Gasteiger partial charge in [0.1, 0.15) is 5.65 Å². The van der Waals surface area contributed by atoms with Crippen LogP contribution in [0.1, 0.15) is 26.5 Å². The SMILES string of the molecule is CCN(c1nc2ccccn2c1CCl)C(C)C. The average Bonchev–Trinajstić information content (AvgIpc) is 2.67. The molecule has 0 radical (unpaired) electrons. The number of halogens is 1. The zero-order valence-corrected chi connectivity index (χ0v) is 11.3. The van der Waals surface area contributed by atoms with E-state index in [9.17, 15) is 0 Å². The number of fused-ring (bicyclic) bond motifs is 1. The lowest BCUT2D eigenvalue weighted by molar-refractivity contribution is 0.692. The smallest absolute Gasteiger partial charge is 0.152 e. The maximum Gasteiger partial charge on any atom is 0.152 e. The van der Waals surface area contributed by atoms with Crippen LogP contribution in [-0.2, 0) is 5.88 Å². The second-order valence-electron chi connectivity index (χ2n) is 4.32. The van der Waals surface area contributed by atoms with E-state index in [-0.39, 0.29) is 0 Å². The Labute approximate surface area is 107 Å².